The van der Waals surface area contributed by atoms with E-state index in [1.807, 2.05) is 29.3 Å². The quantitative estimate of drug-likeness (QED) is 0.780. The predicted molar refractivity (Wildman–Crippen MR) is 112 cm³/mol. The van der Waals surface area contributed by atoms with Crippen LogP contribution in [0.15, 0.2) is 35.8 Å². The van der Waals surface area contributed by atoms with Crippen LogP contribution in [0.25, 0.3) is 0 Å². The minimum absolute atomic E-state index is 0.0241. The fraction of sp³-hybridized carbons (Fsp3) is 0.450. The van der Waals surface area contributed by atoms with Gasteiger partial charge in [0.2, 0.25) is 0 Å². The summed E-state index contributed by atoms with van der Waals surface area (Å²) in [5.74, 6) is 0.543. The maximum Gasteiger partial charge on any atom is 0.317 e. The molecule has 1 saturated heterocycles. The lowest BCUT2D eigenvalue weighted by molar-refractivity contribution is 0.0951. The molecule has 1 aliphatic heterocycles. The van der Waals surface area contributed by atoms with Gasteiger partial charge < -0.3 is 20.4 Å². The number of nitrogens with zero attached hydrogens (tertiary/aromatic N) is 3. The van der Waals surface area contributed by atoms with Gasteiger partial charge in [-0.15, -0.1) is 11.3 Å². The molecule has 8 heteroatoms. The van der Waals surface area contributed by atoms with Gasteiger partial charge in [0.05, 0.1) is 12.1 Å². The van der Waals surface area contributed by atoms with Crippen LogP contribution in [0.5, 0.6) is 0 Å². The third kappa shape index (κ3) is 5.01. The molecule has 150 valence electrons. The molecular weight excluding hydrogens is 374 g/mol. The van der Waals surface area contributed by atoms with Crippen LogP contribution in [0.4, 0.5) is 10.6 Å². The molecule has 1 atom stereocenters. The summed E-state index contributed by atoms with van der Waals surface area (Å²) >= 11 is 1.62. The van der Waals surface area contributed by atoms with Crippen molar-refractivity contribution in [3.05, 3.63) is 46.3 Å². The first-order valence-corrected chi connectivity index (χ1v) is 10.5. The van der Waals surface area contributed by atoms with Gasteiger partial charge >= 0.3 is 6.03 Å². The van der Waals surface area contributed by atoms with Crippen molar-refractivity contribution in [2.45, 2.75) is 32.9 Å². The number of carbonyl (C=O) groups is 2. The zero-order chi connectivity index (χ0) is 19.9. The number of pyridine rings is 1. The number of hydrogen-bond acceptors (Lipinski definition) is 5. The molecule has 0 radical (unpaired) electrons. The topological polar surface area (TPSA) is 77.6 Å². The average Bonchev–Trinajstić information content (AvgIpc) is 3.25. The maximum atomic E-state index is 12.7. The lowest BCUT2D eigenvalue weighted by Gasteiger charge is -2.36. The van der Waals surface area contributed by atoms with Gasteiger partial charge in [0.15, 0.2) is 0 Å². The summed E-state index contributed by atoms with van der Waals surface area (Å²) in [5, 5.41) is 7.96. The molecule has 2 aromatic rings. The van der Waals surface area contributed by atoms with E-state index in [0.717, 1.165) is 11.3 Å². The van der Waals surface area contributed by atoms with E-state index >= 15 is 0 Å². The number of anilines is 1. The van der Waals surface area contributed by atoms with E-state index in [1.165, 1.54) is 0 Å². The molecule has 7 nitrogen and oxygen atoms in total. The average molecular weight is 402 g/mol. The Hall–Kier alpha value is -2.61. The molecule has 0 bridgehead atoms. The maximum absolute atomic E-state index is 12.7. The Morgan fingerprint density at radius 3 is 2.68 bits per heavy atom. The highest BCUT2D eigenvalue weighted by atomic mass is 32.1. The molecule has 1 fully saturated rings. The van der Waals surface area contributed by atoms with Crippen LogP contribution >= 0.6 is 11.3 Å². The molecule has 3 amide bonds. The second-order valence-electron chi connectivity index (χ2n) is 6.87. The van der Waals surface area contributed by atoms with Gasteiger partial charge in [0.25, 0.3) is 5.91 Å². The standard InChI is InChI=1S/C20H27N5O2S/c1-3-15(2)23-20(27)25-11-9-24(10-12-25)18-17(7-4-8-21-18)19(26)22-14-16-6-5-13-28-16/h4-8,13,15H,3,9-12,14H2,1-2H3,(H,22,26)(H,23,27)/t15-/m1/s1. The molecule has 2 aromatic heterocycles. The second-order valence-corrected chi connectivity index (χ2v) is 7.90. The van der Waals surface area contributed by atoms with Gasteiger partial charge in [-0.3, -0.25) is 4.79 Å². The highest BCUT2D eigenvalue weighted by Gasteiger charge is 2.25. The van der Waals surface area contributed by atoms with Crippen LogP contribution in [0.3, 0.4) is 0 Å². The van der Waals surface area contributed by atoms with E-state index < -0.39 is 0 Å². The Labute approximate surface area is 169 Å². The Balaban J connectivity index is 1.60. The van der Waals surface area contributed by atoms with E-state index in [-0.39, 0.29) is 18.0 Å². The lowest BCUT2D eigenvalue weighted by Crippen LogP contribution is -2.53. The highest BCUT2D eigenvalue weighted by Crippen LogP contribution is 2.19. The monoisotopic (exact) mass is 401 g/mol. The minimum Gasteiger partial charge on any atom is -0.352 e. The highest BCUT2D eigenvalue weighted by molar-refractivity contribution is 7.09. The SMILES string of the molecule is CC[C@@H](C)NC(=O)N1CCN(c2ncccc2C(=O)NCc2cccs2)CC1. The first-order chi connectivity index (χ1) is 13.6. The van der Waals surface area contributed by atoms with Crippen LogP contribution in [0.1, 0.15) is 35.5 Å². The molecular formula is C20H27N5O2S. The van der Waals surface area contributed by atoms with E-state index in [9.17, 15) is 9.59 Å². The molecule has 0 unspecified atom stereocenters. The summed E-state index contributed by atoms with van der Waals surface area (Å²) in [4.78, 5) is 34.4. The van der Waals surface area contributed by atoms with E-state index in [2.05, 4.69) is 27.4 Å². The summed E-state index contributed by atoms with van der Waals surface area (Å²) in [6, 6.07) is 7.69. The zero-order valence-electron chi connectivity index (χ0n) is 16.4. The van der Waals surface area contributed by atoms with Gasteiger partial charge in [-0.1, -0.05) is 13.0 Å². The third-order valence-corrected chi connectivity index (χ3v) is 5.76. The smallest absolute Gasteiger partial charge is 0.317 e. The van der Waals surface area contributed by atoms with Crippen molar-refractivity contribution in [2.24, 2.45) is 0 Å². The Morgan fingerprint density at radius 1 is 1.21 bits per heavy atom. The van der Waals surface area contributed by atoms with E-state index in [4.69, 9.17) is 0 Å². The number of nitrogens with one attached hydrogen (secondary N) is 2. The van der Waals surface area contributed by atoms with Crippen molar-refractivity contribution in [3.8, 4) is 0 Å². The number of amides is 3. The second kappa shape index (κ2) is 9.54. The van der Waals surface area contributed by atoms with Crippen molar-refractivity contribution >= 4 is 29.1 Å². The fourth-order valence-corrected chi connectivity index (χ4v) is 3.67. The molecule has 3 rings (SSSR count). The number of carbonyl (C=O) groups excluding carboxylic acids is 2. The van der Waals surface area contributed by atoms with Gasteiger partial charge in [0, 0.05) is 43.3 Å². The van der Waals surface area contributed by atoms with Crippen molar-refractivity contribution in [1.82, 2.24) is 20.5 Å². The van der Waals surface area contributed by atoms with Crippen molar-refractivity contribution in [3.63, 3.8) is 0 Å². The summed E-state index contributed by atoms with van der Waals surface area (Å²) in [6.07, 6.45) is 2.61. The lowest BCUT2D eigenvalue weighted by atomic mass is 10.2. The van der Waals surface area contributed by atoms with E-state index in [0.29, 0.717) is 44.1 Å². The largest absolute Gasteiger partial charge is 0.352 e. The molecule has 0 spiro atoms. The van der Waals surface area contributed by atoms with Crippen LogP contribution in [-0.4, -0.2) is 54.0 Å². The summed E-state index contributed by atoms with van der Waals surface area (Å²) in [6.45, 7) is 7.07. The molecule has 3 heterocycles. The third-order valence-electron chi connectivity index (χ3n) is 4.88. The molecule has 1 aliphatic rings. The number of aromatic nitrogens is 1. The first kappa shape index (κ1) is 20.1. The van der Waals surface area contributed by atoms with Crippen LogP contribution < -0.4 is 15.5 Å². The van der Waals surface area contributed by atoms with Crippen LogP contribution in [-0.2, 0) is 6.54 Å². The number of thiophene rings is 1. The van der Waals surface area contributed by atoms with Gasteiger partial charge in [-0.05, 0) is 36.9 Å². The van der Waals surface area contributed by atoms with E-state index in [1.54, 1.807) is 29.7 Å². The molecule has 28 heavy (non-hydrogen) atoms. The van der Waals surface area contributed by atoms with Crippen LogP contribution in [0.2, 0.25) is 0 Å². The summed E-state index contributed by atoms with van der Waals surface area (Å²) in [5.41, 5.74) is 0.566. The first-order valence-electron chi connectivity index (χ1n) is 9.64. The Bertz CT molecular complexity index is 788. The number of piperazine rings is 1. The van der Waals surface area contributed by atoms with Gasteiger partial charge in [-0.25, -0.2) is 9.78 Å². The Kier molecular flexibility index (Phi) is 6.86. The normalized spacial score (nSPS) is 15.2. The number of urea groups is 1. The molecule has 2 N–H and O–H groups in total. The molecule has 0 aliphatic carbocycles. The minimum atomic E-state index is -0.131. The molecule has 0 aromatic carbocycles. The van der Waals surface area contributed by atoms with Crippen molar-refractivity contribution in [2.75, 3.05) is 31.1 Å². The van der Waals surface area contributed by atoms with Gasteiger partial charge in [0.1, 0.15) is 5.82 Å². The van der Waals surface area contributed by atoms with Crippen LogP contribution in [0, 0.1) is 0 Å². The number of hydrogen-bond donors (Lipinski definition) is 2. The summed E-state index contributed by atoms with van der Waals surface area (Å²) in [7, 11) is 0. The Morgan fingerprint density at radius 2 is 2.00 bits per heavy atom. The number of rotatable bonds is 6. The van der Waals surface area contributed by atoms with Crippen molar-refractivity contribution < 1.29 is 9.59 Å². The zero-order valence-corrected chi connectivity index (χ0v) is 17.2. The predicted octanol–water partition coefficient (Wildman–Crippen LogP) is 2.70. The van der Waals surface area contributed by atoms with Gasteiger partial charge in [-0.2, -0.15) is 0 Å². The molecule has 0 saturated carbocycles. The summed E-state index contributed by atoms with van der Waals surface area (Å²) < 4.78 is 0. The fourth-order valence-electron chi connectivity index (χ4n) is 3.03. The van der Waals surface area contributed by atoms with Crippen molar-refractivity contribution in [1.29, 1.82) is 0 Å².